The number of hydrogen-bond donors (Lipinski definition) is 0. The molecule has 0 heterocycles. The molecule has 0 aliphatic rings. The van der Waals surface area contributed by atoms with E-state index in [1.54, 1.807) is 6.08 Å². The Hall–Kier alpha value is -2.87. The lowest BCUT2D eigenvalue weighted by Crippen LogP contribution is -2.07. The average Bonchev–Trinajstić information content (AvgIpc) is 2.61. The lowest BCUT2D eigenvalue weighted by Gasteiger charge is -2.11. The Bertz CT molecular complexity index is 711. The van der Waals surface area contributed by atoms with Crippen LogP contribution in [0, 0.1) is 0 Å². The highest BCUT2D eigenvalue weighted by molar-refractivity contribution is 5.65. The molecule has 0 aliphatic heterocycles. The van der Waals surface area contributed by atoms with E-state index in [1.807, 2.05) is 57.5 Å². The van der Waals surface area contributed by atoms with E-state index >= 15 is 0 Å². The van der Waals surface area contributed by atoms with Gasteiger partial charge in [0.25, 0.3) is 0 Å². The number of aldehydes is 1. The van der Waals surface area contributed by atoms with Crippen molar-refractivity contribution in [1.82, 2.24) is 0 Å². The number of carbonyl (C=O) groups excluding carboxylic acids is 1. The lowest BCUT2D eigenvalue weighted by molar-refractivity contribution is -0.104. The SMILES string of the molecule is CC(/C=C/C=O)=C\C=C\C=C(C)\C=C\C=C\c1ccc(N(C)C)cc1. The molecule has 0 amide bonds. The van der Waals surface area contributed by atoms with E-state index in [1.165, 1.54) is 22.9 Å². The summed E-state index contributed by atoms with van der Waals surface area (Å²) in [5.41, 5.74) is 4.58. The standard InChI is InChI=1S/C23H27NO/c1-20(10-5-6-11-21(2)13-9-19-25)12-7-8-14-22-15-17-23(18-16-22)24(3)4/h5-19H,1-4H3/b6-5+,12-7+,13-9+,14-8+,20-10+,21-11+. The molecule has 0 unspecified atom stereocenters. The molecule has 0 N–H and O–H groups in total. The van der Waals surface area contributed by atoms with Gasteiger partial charge in [-0.25, -0.2) is 0 Å². The number of allylic oxidation sites excluding steroid dienone is 11. The summed E-state index contributed by atoms with van der Waals surface area (Å²) < 4.78 is 0. The predicted octanol–water partition coefficient (Wildman–Crippen LogP) is 5.53. The minimum absolute atomic E-state index is 0.778. The van der Waals surface area contributed by atoms with Crippen LogP contribution < -0.4 is 4.90 Å². The maximum atomic E-state index is 10.2. The van der Waals surface area contributed by atoms with Crippen molar-refractivity contribution in [1.29, 1.82) is 0 Å². The molecule has 2 heteroatoms. The number of benzene rings is 1. The Morgan fingerprint density at radius 2 is 1.36 bits per heavy atom. The lowest BCUT2D eigenvalue weighted by atomic mass is 10.1. The molecule has 0 radical (unpaired) electrons. The molecule has 0 saturated carbocycles. The third-order valence-corrected chi connectivity index (χ3v) is 3.44. The summed E-state index contributed by atoms with van der Waals surface area (Å²) in [6, 6.07) is 8.44. The molecule has 0 bridgehead atoms. The van der Waals surface area contributed by atoms with Crippen LogP contribution in [0.15, 0.2) is 90.1 Å². The van der Waals surface area contributed by atoms with Crippen molar-refractivity contribution in [3.05, 3.63) is 95.7 Å². The van der Waals surface area contributed by atoms with Gasteiger partial charge in [-0.1, -0.05) is 78.0 Å². The highest BCUT2D eigenvalue weighted by atomic mass is 16.1. The van der Waals surface area contributed by atoms with Crippen LogP contribution in [-0.4, -0.2) is 20.4 Å². The van der Waals surface area contributed by atoms with E-state index in [4.69, 9.17) is 0 Å². The molecule has 0 saturated heterocycles. The molecule has 1 rings (SSSR count). The van der Waals surface area contributed by atoms with Gasteiger partial charge in [0.05, 0.1) is 0 Å². The predicted molar refractivity (Wildman–Crippen MR) is 111 cm³/mol. The monoisotopic (exact) mass is 333 g/mol. The Balaban J connectivity index is 2.54. The number of anilines is 1. The molecule has 2 nitrogen and oxygen atoms in total. The number of rotatable bonds is 8. The van der Waals surface area contributed by atoms with Gasteiger partial charge in [-0.15, -0.1) is 0 Å². The average molecular weight is 333 g/mol. The van der Waals surface area contributed by atoms with Crippen molar-refractivity contribution in [2.45, 2.75) is 13.8 Å². The van der Waals surface area contributed by atoms with Crippen LogP contribution >= 0.6 is 0 Å². The van der Waals surface area contributed by atoms with E-state index in [0.29, 0.717) is 0 Å². The molecule has 0 atom stereocenters. The molecule has 0 aliphatic carbocycles. The van der Waals surface area contributed by atoms with Crippen LogP contribution in [0.4, 0.5) is 5.69 Å². The first-order chi connectivity index (χ1) is 12.0. The van der Waals surface area contributed by atoms with Gasteiger partial charge in [0.2, 0.25) is 0 Å². The molecule has 1 aromatic rings. The third kappa shape index (κ3) is 9.11. The molecule has 0 fully saturated rings. The zero-order chi connectivity index (χ0) is 18.5. The molecule has 1 aromatic carbocycles. The van der Waals surface area contributed by atoms with E-state index in [0.717, 1.165) is 11.9 Å². The van der Waals surface area contributed by atoms with Crippen LogP contribution in [-0.2, 0) is 4.79 Å². The summed E-state index contributed by atoms with van der Waals surface area (Å²) in [7, 11) is 4.08. The fourth-order valence-electron chi connectivity index (χ4n) is 1.97. The first-order valence-electron chi connectivity index (χ1n) is 8.29. The van der Waals surface area contributed by atoms with Gasteiger partial charge < -0.3 is 4.90 Å². The van der Waals surface area contributed by atoms with Crippen LogP contribution in [0.1, 0.15) is 19.4 Å². The van der Waals surface area contributed by atoms with Gasteiger partial charge in [-0.3, -0.25) is 4.79 Å². The second-order valence-electron chi connectivity index (χ2n) is 5.91. The van der Waals surface area contributed by atoms with Crippen molar-refractivity contribution in [2.75, 3.05) is 19.0 Å². The summed E-state index contributed by atoms with van der Waals surface area (Å²) in [5.74, 6) is 0. The molecule has 130 valence electrons. The van der Waals surface area contributed by atoms with Gasteiger partial charge >= 0.3 is 0 Å². The van der Waals surface area contributed by atoms with E-state index < -0.39 is 0 Å². The number of hydrogen-bond acceptors (Lipinski definition) is 2. The van der Waals surface area contributed by atoms with Gasteiger partial charge in [0, 0.05) is 19.8 Å². The molecule has 25 heavy (non-hydrogen) atoms. The van der Waals surface area contributed by atoms with E-state index in [2.05, 4.69) is 48.2 Å². The largest absolute Gasteiger partial charge is 0.378 e. The minimum Gasteiger partial charge on any atom is -0.378 e. The van der Waals surface area contributed by atoms with Crippen molar-refractivity contribution in [2.24, 2.45) is 0 Å². The summed E-state index contributed by atoms with van der Waals surface area (Å²) in [6.45, 7) is 4.01. The quantitative estimate of drug-likeness (QED) is 0.354. The highest BCUT2D eigenvalue weighted by Crippen LogP contribution is 2.13. The Morgan fingerprint density at radius 1 is 0.800 bits per heavy atom. The van der Waals surface area contributed by atoms with E-state index in [9.17, 15) is 4.79 Å². The smallest absolute Gasteiger partial charge is 0.142 e. The second-order valence-corrected chi connectivity index (χ2v) is 5.91. The first-order valence-corrected chi connectivity index (χ1v) is 8.29. The second kappa shape index (κ2) is 11.6. The first kappa shape index (κ1) is 20.2. The third-order valence-electron chi connectivity index (χ3n) is 3.44. The van der Waals surface area contributed by atoms with Gasteiger partial charge in [-0.05, 0) is 37.6 Å². The van der Waals surface area contributed by atoms with Crippen molar-refractivity contribution in [3.63, 3.8) is 0 Å². The summed E-state index contributed by atoms with van der Waals surface area (Å²) in [6.07, 6.45) is 20.2. The Kier molecular flexibility index (Phi) is 9.39. The summed E-state index contributed by atoms with van der Waals surface area (Å²) >= 11 is 0. The fourth-order valence-corrected chi connectivity index (χ4v) is 1.97. The zero-order valence-corrected chi connectivity index (χ0v) is 15.5. The topological polar surface area (TPSA) is 20.3 Å². The van der Waals surface area contributed by atoms with Gasteiger partial charge in [0.1, 0.15) is 6.29 Å². The van der Waals surface area contributed by atoms with Crippen molar-refractivity contribution >= 4 is 18.0 Å². The molecular formula is C23H27NO. The summed E-state index contributed by atoms with van der Waals surface area (Å²) in [4.78, 5) is 12.3. The van der Waals surface area contributed by atoms with Crippen LogP contribution in [0.3, 0.4) is 0 Å². The Morgan fingerprint density at radius 3 is 1.88 bits per heavy atom. The van der Waals surface area contributed by atoms with Gasteiger partial charge in [-0.2, -0.15) is 0 Å². The normalized spacial score (nSPS) is 13.6. The van der Waals surface area contributed by atoms with Crippen LogP contribution in [0.25, 0.3) is 6.08 Å². The van der Waals surface area contributed by atoms with Crippen LogP contribution in [0.2, 0.25) is 0 Å². The zero-order valence-electron chi connectivity index (χ0n) is 15.5. The van der Waals surface area contributed by atoms with Crippen molar-refractivity contribution < 1.29 is 4.79 Å². The maximum Gasteiger partial charge on any atom is 0.142 e. The van der Waals surface area contributed by atoms with Crippen LogP contribution in [0.5, 0.6) is 0 Å². The van der Waals surface area contributed by atoms with E-state index in [-0.39, 0.29) is 0 Å². The molecule has 0 spiro atoms. The number of nitrogens with zero attached hydrogens (tertiary/aromatic N) is 1. The fraction of sp³-hybridized carbons (Fsp3) is 0.174. The molecule has 0 aromatic heterocycles. The maximum absolute atomic E-state index is 10.2. The summed E-state index contributed by atoms with van der Waals surface area (Å²) in [5, 5.41) is 0. The number of carbonyl (C=O) groups is 1. The highest BCUT2D eigenvalue weighted by Gasteiger charge is 1.92. The molecular weight excluding hydrogens is 306 g/mol. The van der Waals surface area contributed by atoms with Gasteiger partial charge in [0.15, 0.2) is 0 Å². The Labute approximate surface area is 151 Å². The minimum atomic E-state index is 0.778. The van der Waals surface area contributed by atoms with Crippen molar-refractivity contribution in [3.8, 4) is 0 Å².